The first-order valence-corrected chi connectivity index (χ1v) is 5.44. The molecule has 82 valence electrons. The number of hydrogen-bond acceptors (Lipinski definition) is 2. The number of hydrogen-bond donors (Lipinski definition) is 2. The van der Waals surface area contributed by atoms with Gasteiger partial charge in [0, 0.05) is 16.6 Å². The summed E-state index contributed by atoms with van der Waals surface area (Å²) in [7, 11) is 0. The van der Waals surface area contributed by atoms with Crippen molar-refractivity contribution >= 4 is 21.8 Å². The molecule has 4 heteroatoms. The maximum absolute atomic E-state index is 11.6. The van der Waals surface area contributed by atoms with Crippen molar-refractivity contribution in [2.24, 2.45) is 0 Å². The number of carbonyl (C=O) groups is 1. The molecule has 0 aliphatic carbocycles. The Bertz CT molecular complexity index is 358. The third kappa shape index (κ3) is 4.44. The summed E-state index contributed by atoms with van der Waals surface area (Å²) in [6.07, 6.45) is 0. The fourth-order valence-electron chi connectivity index (χ4n) is 1.03. The van der Waals surface area contributed by atoms with E-state index in [0.29, 0.717) is 5.56 Å². The maximum Gasteiger partial charge on any atom is 0.251 e. The van der Waals surface area contributed by atoms with Crippen LogP contribution >= 0.6 is 15.9 Å². The Labute approximate surface area is 97.6 Å². The highest BCUT2D eigenvalue weighted by Gasteiger charge is 2.14. The number of nitrogens with one attached hydrogen (secondary N) is 1. The second kappa shape index (κ2) is 4.77. The zero-order chi connectivity index (χ0) is 11.5. The summed E-state index contributed by atoms with van der Waals surface area (Å²) < 4.78 is 0.860. The molecule has 1 rings (SSSR count). The summed E-state index contributed by atoms with van der Waals surface area (Å²) >= 11 is 3.29. The Hall–Kier alpha value is -0.870. The average molecular weight is 272 g/mol. The van der Waals surface area contributed by atoms with Gasteiger partial charge in [-0.3, -0.25) is 4.79 Å². The van der Waals surface area contributed by atoms with Gasteiger partial charge in [0.15, 0.2) is 0 Å². The topological polar surface area (TPSA) is 49.3 Å². The van der Waals surface area contributed by atoms with Crippen molar-refractivity contribution < 1.29 is 9.90 Å². The molecule has 0 spiro atoms. The molecule has 0 fully saturated rings. The summed E-state index contributed by atoms with van der Waals surface area (Å²) in [5.74, 6) is -0.182. The first-order valence-electron chi connectivity index (χ1n) is 4.65. The molecule has 1 aromatic carbocycles. The second-order valence-electron chi connectivity index (χ2n) is 4.01. The van der Waals surface area contributed by atoms with Gasteiger partial charge >= 0.3 is 0 Å². The van der Waals surface area contributed by atoms with Crippen molar-refractivity contribution in [3.8, 4) is 0 Å². The first-order chi connectivity index (χ1) is 6.88. The van der Waals surface area contributed by atoms with E-state index in [-0.39, 0.29) is 12.5 Å². The van der Waals surface area contributed by atoms with Crippen LogP contribution in [-0.4, -0.2) is 23.2 Å². The standard InChI is InChI=1S/C11H14BrNO2/c1-11(2,15)7-13-10(14)8-4-3-5-9(12)6-8/h3-6,15H,7H2,1-2H3,(H,13,14). The van der Waals surface area contributed by atoms with Crippen molar-refractivity contribution in [1.82, 2.24) is 5.32 Å². The van der Waals surface area contributed by atoms with Crippen molar-refractivity contribution in [2.45, 2.75) is 19.4 Å². The van der Waals surface area contributed by atoms with Crippen molar-refractivity contribution in [1.29, 1.82) is 0 Å². The van der Waals surface area contributed by atoms with E-state index in [1.165, 1.54) is 0 Å². The smallest absolute Gasteiger partial charge is 0.251 e. The van der Waals surface area contributed by atoms with E-state index in [9.17, 15) is 9.90 Å². The predicted molar refractivity (Wildman–Crippen MR) is 62.8 cm³/mol. The third-order valence-corrected chi connectivity index (χ3v) is 2.26. The Morgan fingerprint density at radius 2 is 2.20 bits per heavy atom. The van der Waals surface area contributed by atoms with E-state index < -0.39 is 5.60 Å². The van der Waals surface area contributed by atoms with Crippen LogP contribution in [0.4, 0.5) is 0 Å². The van der Waals surface area contributed by atoms with E-state index in [0.717, 1.165) is 4.47 Å². The van der Waals surface area contributed by atoms with Gasteiger partial charge in [0.1, 0.15) is 0 Å². The molecule has 2 N–H and O–H groups in total. The van der Waals surface area contributed by atoms with E-state index >= 15 is 0 Å². The summed E-state index contributed by atoms with van der Waals surface area (Å²) in [5.41, 5.74) is -0.310. The summed E-state index contributed by atoms with van der Waals surface area (Å²) in [5, 5.41) is 12.1. The first kappa shape index (κ1) is 12.2. The molecule has 3 nitrogen and oxygen atoms in total. The molecule has 0 aromatic heterocycles. The molecule has 0 atom stereocenters. The highest BCUT2D eigenvalue weighted by atomic mass is 79.9. The average Bonchev–Trinajstić information content (AvgIpc) is 2.13. The van der Waals surface area contributed by atoms with Gasteiger partial charge in [-0.15, -0.1) is 0 Å². The van der Waals surface area contributed by atoms with Gasteiger partial charge in [-0.25, -0.2) is 0 Å². The van der Waals surface area contributed by atoms with Gasteiger partial charge in [0.2, 0.25) is 0 Å². The molecule has 0 aliphatic rings. The van der Waals surface area contributed by atoms with Crippen molar-refractivity contribution in [2.75, 3.05) is 6.54 Å². The van der Waals surface area contributed by atoms with Gasteiger partial charge in [0.25, 0.3) is 5.91 Å². The fourth-order valence-corrected chi connectivity index (χ4v) is 1.43. The lowest BCUT2D eigenvalue weighted by Crippen LogP contribution is -2.38. The predicted octanol–water partition coefficient (Wildman–Crippen LogP) is 1.95. The molecule has 1 aromatic rings. The van der Waals surface area contributed by atoms with Crippen LogP contribution in [0.2, 0.25) is 0 Å². The Kier molecular flexibility index (Phi) is 3.88. The van der Waals surface area contributed by atoms with Crippen LogP contribution in [0.3, 0.4) is 0 Å². The number of aliphatic hydroxyl groups is 1. The number of carbonyl (C=O) groups excluding carboxylic acids is 1. The van der Waals surface area contributed by atoms with Crippen LogP contribution in [0.25, 0.3) is 0 Å². The molecule has 0 heterocycles. The number of amides is 1. The molecular weight excluding hydrogens is 258 g/mol. The lowest BCUT2D eigenvalue weighted by Gasteiger charge is -2.17. The fraction of sp³-hybridized carbons (Fsp3) is 0.364. The Morgan fingerprint density at radius 3 is 2.73 bits per heavy atom. The molecule has 0 aliphatic heterocycles. The van der Waals surface area contributed by atoms with E-state index in [1.807, 2.05) is 6.07 Å². The van der Waals surface area contributed by atoms with Gasteiger partial charge in [-0.2, -0.15) is 0 Å². The lowest BCUT2D eigenvalue weighted by atomic mass is 10.1. The second-order valence-corrected chi connectivity index (χ2v) is 4.92. The lowest BCUT2D eigenvalue weighted by molar-refractivity contribution is 0.0694. The molecule has 0 radical (unpaired) electrons. The van der Waals surface area contributed by atoms with Gasteiger partial charge in [-0.1, -0.05) is 22.0 Å². The van der Waals surface area contributed by atoms with Crippen LogP contribution < -0.4 is 5.32 Å². The van der Waals surface area contributed by atoms with Crippen LogP contribution in [0.15, 0.2) is 28.7 Å². The van der Waals surface area contributed by atoms with Gasteiger partial charge < -0.3 is 10.4 Å². The minimum absolute atomic E-state index is 0.182. The van der Waals surface area contributed by atoms with E-state index in [4.69, 9.17) is 0 Å². The van der Waals surface area contributed by atoms with Crippen molar-refractivity contribution in [3.05, 3.63) is 34.3 Å². The summed E-state index contributed by atoms with van der Waals surface area (Å²) in [4.78, 5) is 11.6. The largest absolute Gasteiger partial charge is 0.389 e. The molecule has 0 saturated heterocycles. The molecule has 0 unspecified atom stereocenters. The van der Waals surface area contributed by atoms with E-state index in [2.05, 4.69) is 21.2 Å². The highest BCUT2D eigenvalue weighted by Crippen LogP contribution is 2.11. The number of rotatable bonds is 3. The number of halogens is 1. The maximum atomic E-state index is 11.6. The molecule has 0 saturated carbocycles. The van der Waals surface area contributed by atoms with Crippen molar-refractivity contribution in [3.63, 3.8) is 0 Å². The SMILES string of the molecule is CC(C)(O)CNC(=O)c1cccc(Br)c1. The molecule has 15 heavy (non-hydrogen) atoms. The molecular formula is C11H14BrNO2. The van der Waals surface area contributed by atoms with Gasteiger partial charge in [0.05, 0.1) is 5.60 Å². The Morgan fingerprint density at radius 1 is 1.53 bits per heavy atom. The molecule has 0 bridgehead atoms. The highest BCUT2D eigenvalue weighted by molar-refractivity contribution is 9.10. The van der Waals surface area contributed by atoms with Crippen LogP contribution in [0.1, 0.15) is 24.2 Å². The molecule has 1 amide bonds. The zero-order valence-electron chi connectivity index (χ0n) is 8.75. The number of benzene rings is 1. The third-order valence-electron chi connectivity index (χ3n) is 1.77. The van der Waals surface area contributed by atoms with Crippen LogP contribution in [-0.2, 0) is 0 Å². The van der Waals surface area contributed by atoms with Crippen LogP contribution in [0, 0.1) is 0 Å². The monoisotopic (exact) mass is 271 g/mol. The summed E-state index contributed by atoms with van der Waals surface area (Å²) in [6, 6.07) is 7.11. The zero-order valence-corrected chi connectivity index (χ0v) is 10.3. The van der Waals surface area contributed by atoms with Crippen LogP contribution in [0.5, 0.6) is 0 Å². The summed E-state index contributed by atoms with van der Waals surface area (Å²) in [6.45, 7) is 3.53. The normalized spacial score (nSPS) is 11.2. The Balaban J connectivity index is 2.62. The quantitative estimate of drug-likeness (QED) is 0.883. The minimum Gasteiger partial charge on any atom is -0.389 e. The minimum atomic E-state index is -0.887. The van der Waals surface area contributed by atoms with E-state index in [1.54, 1.807) is 32.0 Å². The van der Waals surface area contributed by atoms with Gasteiger partial charge in [-0.05, 0) is 32.0 Å².